The van der Waals surface area contributed by atoms with Crippen molar-refractivity contribution in [2.45, 2.75) is 5.16 Å². The Morgan fingerprint density at radius 1 is 1.11 bits per heavy atom. The molecule has 0 radical (unpaired) electrons. The van der Waals surface area contributed by atoms with Crippen LogP contribution in [-0.2, 0) is 15.5 Å². The molecule has 1 saturated heterocycles. The van der Waals surface area contributed by atoms with Crippen molar-refractivity contribution in [3.05, 3.63) is 59.1 Å². The summed E-state index contributed by atoms with van der Waals surface area (Å²) in [6.07, 6.45) is 0. The standard InChI is InChI=1S/C19H18ClN3O3S/c20-15-7-5-14(6-8-15)18(24)23-17-4-2-1-3-16(17)21-19(23)27(25)13-22-9-11-26-12-10-22/h1-8H,9-13H2. The lowest BCUT2D eigenvalue weighted by atomic mass is 10.2. The summed E-state index contributed by atoms with van der Waals surface area (Å²) in [5, 5.41) is 0.820. The SMILES string of the molecule is O=C(c1ccc(Cl)cc1)n1c(S(=O)CN2CCOCC2)nc2ccccc21. The third kappa shape index (κ3) is 3.82. The number of aromatic nitrogens is 2. The Labute approximate surface area is 164 Å². The molecule has 1 atom stereocenters. The first-order valence-corrected chi connectivity index (χ1v) is 10.3. The number of fused-ring (bicyclic) bond motifs is 1. The van der Waals surface area contributed by atoms with Gasteiger partial charge in [0.1, 0.15) is 10.8 Å². The maximum absolute atomic E-state index is 13.2. The molecule has 6 nitrogen and oxygen atoms in total. The van der Waals surface area contributed by atoms with Crippen LogP contribution in [0.25, 0.3) is 11.0 Å². The second kappa shape index (κ2) is 7.90. The van der Waals surface area contributed by atoms with Crippen LogP contribution in [0.4, 0.5) is 0 Å². The Kier molecular flexibility index (Phi) is 5.36. The van der Waals surface area contributed by atoms with E-state index < -0.39 is 10.8 Å². The number of ether oxygens (including phenoxy) is 1. The van der Waals surface area contributed by atoms with Crippen LogP contribution in [0.3, 0.4) is 0 Å². The molecule has 1 aromatic heterocycles. The average Bonchev–Trinajstić information content (AvgIpc) is 3.08. The summed E-state index contributed by atoms with van der Waals surface area (Å²) in [7, 11) is -1.45. The van der Waals surface area contributed by atoms with E-state index in [1.807, 2.05) is 24.3 Å². The lowest BCUT2D eigenvalue weighted by molar-refractivity contribution is 0.0468. The molecule has 0 amide bonds. The first-order chi connectivity index (χ1) is 13.1. The maximum Gasteiger partial charge on any atom is 0.264 e. The molecule has 1 aliphatic heterocycles. The highest BCUT2D eigenvalue weighted by molar-refractivity contribution is 7.84. The van der Waals surface area contributed by atoms with E-state index >= 15 is 0 Å². The van der Waals surface area contributed by atoms with Crippen molar-refractivity contribution in [3.8, 4) is 0 Å². The first-order valence-electron chi connectivity index (χ1n) is 8.60. The van der Waals surface area contributed by atoms with Gasteiger partial charge in [-0.05, 0) is 36.4 Å². The van der Waals surface area contributed by atoms with Gasteiger partial charge in [0.25, 0.3) is 5.91 Å². The van der Waals surface area contributed by atoms with Gasteiger partial charge in [-0.25, -0.2) is 9.19 Å². The molecule has 0 aliphatic carbocycles. The van der Waals surface area contributed by atoms with Crippen molar-refractivity contribution in [3.63, 3.8) is 0 Å². The predicted molar refractivity (Wildman–Crippen MR) is 105 cm³/mol. The smallest absolute Gasteiger partial charge is 0.264 e. The molecule has 2 heterocycles. The molecule has 1 fully saturated rings. The molecule has 2 aromatic carbocycles. The minimum Gasteiger partial charge on any atom is -0.379 e. The van der Waals surface area contributed by atoms with E-state index in [1.165, 1.54) is 4.57 Å². The van der Waals surface area contributed by atoms with Crippen LogP contribution >= 0.6 is 11.6 Å². The van der Waals surface area contributed by atoms with Crippen LogP contribution in [0.15, 0.2) is 53.7 Å². The van der Waals surface area contributed by atoms with Crippen LogP contribution < -0.4 is 0 Å². The summed E-state index contributed by atoms with van der Waals surface area (Å²) in [6, 6.07) is 14.0. The Balaban J connectivity index is 1.73. The van der Waals surface area contributed by atoms with Gasteiger partial charge in [0.2, 0.25) is 5.16 Å². The number of para-hydroxylation sites is 2. The van der Waals surface area contributed by atoms with E-state index in [-0.39, 0.29) is 11.1 Å². The number of hydrogen-bond acceptors (Lipinski definition) is 5. The van der Waals surface area contributed by atoms with E-state index in [1.54, 1.807) is 24.3 Å². The fraction of sp³-hybridized carbons (Fsp3) is 0.263. The second-order valence-electron chi connectivity index (χ2n) is 6.24. The molecule has 0 saturated carbocycles. The third-order valence-electron chi connectivity index (χ3n) is 4.43. The van der Waals surface area contributed by atoms with E-state index in [0.29, 0.717) is 40.7 Å². The molecule has 27 heavy (non-hydrogen) atoms. The zero-order chi connectivity index (χ0) is 18.8. The highest BCUT2D eigenvalue weighted by Crippen LogP contribution is 2.22. The van der Waals surface area contributed by atoms with Crippen molar-refractivity contribution in [1.82, 2.24) is 14.5 Å². The van der Waals surface area contributed by atoms with E-state index in [9.17, 15) is 9.00 Å². The number of carbonyl (C=O) groups is 1. The second-order valence-corrected chi connectivity index (χ2v) is 7.99. The zero-order valence-corrected chi connectivity index (χ0v) is 16.1. The highest BCUT2D eigenvalue weighted by atomic mass is 35.5. The Bertz CT molecular complexity index is 997. The van der Waals surface area contributed by atoms with Crippen molar-refractivity contribution in [1.29, 1.82) is 0 Å². The van der Waals surface area contributed by atoms with Gasteiger partial charge in [0.05, 0.1) is 30.1 Å². The fourth-order valence-corrected chi connectivity index (χ4v) is 4.44. The molecular weight excluding hydrogens is 386 g/mol. The number of benzene rings is 2. The molecule has 3 aromatic rings. The summed E-state index contributed by atoms with van der Waals surface area (Å²) in [5.74, 6) is 0.0475. The molecule has 8 heteroatoms. The van der Waals surface area contributed by atoms with Crippen LogP contribution in [0.1, 0.15) is 10.4 Å². The van der Waals surface area contributed by atoms with Gasteiger partial charge < -0.3 is 4.74 Å². The van der Waals surface area contributed by atoms with Gasteiger partial charge in [0, 0.05) is 23.7 Å². The number of halogens is 1. The fourth-order valence-electron chi connectivity index (χ4n) is 3.03. The van der Waals surface area contributed by atoms with Gasteiger partial charge in [-0.1, -0.05) is 23.7 Å². The largest absolute Gasteiger partial charge is 0.379 e. The maximum atomic E-state index is 13.2. The molecule has 1 aliphatic rings. The Hall–Kier alpha value is -2.06. The Morgan fingerprint density at radius 2 is 1.81 bits per heavy atom. The van der Waals surface area contributed by atoms with Gasteiger partial charge in [-0.3, -0.25) is 14.3 Å². The lowest BCUT2D eigenvalue weighted by Crippen LogP contribution is -2.38. The highest BCUT2D eigenvalue weighted by Gasteiger charge is 2.24. The molecule has 0 N–H and O–H groups in total. The normalized spacial score (nSPS) is 16.5. The van der Waals surface area contributed by atoms with Gasteiger partial charge in [0.15, 0.2) is 0 Å². The Morgan fingerprint density at radius 3 is 2.56 bits per heavy atom. The number of nitrogens with zero attached hydrogens (tertiary/aromatic N) is 3. The van der Waals surface area contributed by atoms with Crippen LogP contribution in [-0.4, -0.2) is 56.7 Å². The van der Waals surface area contributed by atoms with Crippen molar-refractivity contribution in [2.24, 2.45) is 0 Å². The van der Waals surface area contributed by atoms with Crippen molar-refractivity contribution < 1.29 is 13.7 Å². The number of rotatable bonds is 4. The van der Waals surface area contributed by atoms with Crippen molar-refractivity contribution >= 4 is 39.3 Å². The third-order valence-corrected chi connectivity index (χ3v) is 5.96. The number of morpholine rings is 1. The zero-order valence-electron chi connectivity index (χ0n) is 14.5. The number of hydrogen-bond donors (Lipinski definition) is 0. The minimum absolute atomic E-state index is 0.266. The van der Waals surface area contributed by atoms with Gasteiger partial charge in [-0.2, -0.15) is 0 Å². The lowest BCUT2D eigenvalue weighted by Gasteiger charge is -2.25. The van der Waals surface area contributed by atoms with Crippen LogP contribution in [0.5, 0.6) is 0 Å². The van der Waals surface area contributed by atoms with E-state index in [4.69, 9.17) is 16.3 Å². The quantitative estimate of drug-likeness (QED) is 0.670. The average molecular weight is 404 g/mol. The van der Waals surface area contributed by atoms with E-state index in [2.05, 4.69) is 9.88 Å². The minimum atomic E-state index is -1.45. The van der Waals surface area contributed by atoms with Crippen LogP contribution in [0, 0.1) is 0 Å². The van der Waals surface area contributed by atoms with Gasteiger partial charge >= 0.3 is 0 Å². The molecule has 1 unspecified atom stereocenters. The monoisotopic (exact) mass is 403 g/mol. The summed E-state index contributed by atoms with van der Waals surface area (Å²) < 4.78 is 19.9. The first kappa shape index (κ1) is 18.3. The van der Waals surface area contributed by atoms with Gasteiger partial charge in [-0.15, -0.1) is 0 Å². The topological polar surface area (TPSA) is 64.4 Å². The molecule has 4 rings (SSSR count). The number of carbonyl (C=O) groups excluding carboxylic acids is 1. The molecule has 140 valence electrons. The molecular formula is C19H18ClN3O3S. The number of imidazole rings is 1. The summed E-state index contributed by atoms with van der Waals surface area (Å²) in [4.78, 5) is 19.7. The van der Waals surface area contributed by atoms with Crippen molar-refractivity contribution in [2.75, 3.05) is 32.2 Å². The summed E-state index contributed by atoms with van der Waals surface area (Å²) >= 11 is 5.93. The molecule has 0 spiro atoms. The molecule has 0 bridgehead atoms. The summed E-state index contributed by atoms with van der Waals surface area (Å²) in [5.41, 5.74) is 1.75. The predicted octanol–water partition coefficient (Wildman–Crippen LogP) is 2.78. The van der Waals surface area contributed by atoms with Crippen LogP contribution in [0.2, 0.25) is 5.02 Å². The summed E-state index contributed by atoms with van der Waals surface area (Å²) in [6.45, 7) is 2.68. The van der Waals surface area contributed by atoms with E-state index in [0.717, 1.165) is 13.1 Å².